The van der Waals surface area contributed by atoms with Gasteiger partial charge in [0.1, 0.15) is 4.60 Å². The molecule has 1 N–H and O–H groups in total. The van der Waals surface area contributed by atoms with Gasteiger partial charge in [-0.1, -0.05) is 29.8 Å². The van der Waals surface area contributed by atoms with Crippen LogP contribution in [-0.2, 0) is 6.54 Å². The van der Waals surface area contributed by atoms with E-state index in [4.69, 9.17) is 0 Å². The maximum absolute atomic E-state index is 4.36. The van der Waals surface area contributed by atoms with Crippen LogP contribution in [-0.4, -0.2) is 14.4 Å². The number of halogens is 1. The Morgan fingerprint density at radius 1 is 1.19 bits per heavy atom. The first-order valence-electron chi connectivity index (χ1n) is 6.91. The van der Waals surface area contributed by atoms with E-state index in [1.165, 1.54) is 11.1 Å². The van der Waals surface area contributed by atoms with Gasteiger partial charge in [0.2, 0.25) is 0 Å². The smallest absolute Gasteiger partial charge is 0.155 e. The van der Waals surface area contributed by atoms with Crippen LogP contribution in [0.25, 0.3) is 5.65 Å². The molecular formula is C16H17BrN4. The summed E-state index contributed by atoms with van der Waals surface area (Å²) in [5, 5.41) is 3.54. The highest BCUT2D eigenvalue weighted by atomic mass is 79.9. The molecule has 0 spiro atoms. The van der Waals surface area contributed by atoms with E-state index >= 15 is 0 Å². The number of aromatic nitrogens is 3. The normalized spacial score (nSPS) is 12.7. The van der Waals surface area contributed by atoms with E-state index in [1.54, 1.807) is 6.20 Å². The van der Waals surface area contributed by atoms with E-state index in [1.807, 2.05) is 16.8 Å². The monoisotopic (exact) mass is 344 g/mol. The Labute approximate surface area is 132 Å². The first kappa shape index (κ1) is 14.2. The Balaban J connectivity index is 1.74. The van der Waals surface area contributed by atoms with E-state index < -0.39 is 0 Å². The van der Waals surface area contributed by atoms with Gasteiger partial charge >= 0.3 is 0 Å². The van der Waals surface area contributed by atoms with Crippen LogP contribution < -0.4 is 5.32 Å². The number of nitrogens with zero attached hydrogens (tertiary/aromatic N) is 3. The van der Waals surface area contributed by atoms with Crippen molar-refractivity contribution in [3.05, 3.63) is 64.3 Å². The molecule has 0 saturated carbocycles. The molecule has 21 heavy (non-hydrogen) atoms. The second-order valence-corrected chi connectivity index (χ2v) is 6.01. The Kier molecular flexibility index (Phi) is 4.03. The lowest BCUT2D eigenvalue weighted by molar-refractivity contribution is 0.565. The fourth-order valence-corrected chi connectivity index (χ4v) is 2.58. The summed E-state index contributed by atoms with van der Waals surface area (Å²) in [7, 11) is 0. The number of hydrogen-bond acceptors (Lipinski definition) is 3. The summed E-state index contributed by atoms with van der Waals surface area (Å²) < 4.78 is 2.85. The molecule has 0 aliphatic heterocycles. The van der Waals surface area contributed by atoms with Crippen LogP contribution in [0.1, 0.15) is 29.8 Å². The molecule has 0 saturated heterocycles. The zero-order valence-electron chi connectivity index (χ0n) is 12.0. The van der Waals surface area contributed by atoms with Gasteiger partial charge in [-0.15, -0.1) is 0 Å². The van der Waals surface area contributed by atoms with E-state index in [0.29, 0.717) is 6.04 Å². The highest BCUT2D eigenvalue weighted by Gasteiger charge is 2.08. The number of aryl methyl sites for hydroxylation is 1. The molecule has 3 rings (SSSR count). The van der Waals surface area contributed by atoms with Crippen molar-refractivity contribution in [2.45, 2.75) is 26.4 Å². The number of imidazole rings is 1. The van der Waals surface area contributed by atoms with Crippen LogP contribution in [0.4, 0.5) is 0 Å². The van der Waals surface area contributed by atoms with Gasteiger partial charge in [0, 0.05) is 18.8 Å². The van der Waals surface area contributed by atoms with E-state index in [-0.39, 0.29) is 0 Å². The molecule has 108 valence electrons. The van der Waals surface area contributed by atoms with Crippen molar-refractivity contribution < 1.29 is 0 Å². The number of hydrogen-bond donors (Lipinski definition) is 1. The Morgan fingerprint density at radius 3 is 2.71 bits per heavy atom. The van der Waals surface area contributed by atoms with Crippen LogP contribution in [0.5, 0.6) is 0 Å². The van der Waals surface area contributed by atoms with Crippen LogP contribution in [0.3, 0.4) is 0 Å². The van der Waals surface area contributed by atoms with Crippen LogP contribution in [0.15, 0.2) is 47.5 Å². The fourth-order valence-electron chi connectivity index (χ4n) is 2.28. The maximum Gasteiger partial charge on any atom is 0.155 e. The number of benzene rings is 1. The summed E-state index contributed by atoms with van der Waals surface area (Å²) in [6, 6.07) is 8.92. The Morgan fingerprint density at radius 2 is 1.95 bits per heavy atom. The summed E-state index contributed by atoms with van der Waals surface area (Å²) in [6.45, 7) is 5.03. The van der Waals surface area contributed by atoms with Crippen molar-refractivity contribution in [3.63, 3.8) is 0 Å². The molecule has 4 nitrogen and oxygen atoms in total. The van der Waals surface area contributed by atoms with Crippen molar-refractivity contribution >= 4 is 21.6 Å². The summed E-state index contributed by atoms with van der Waals surface area (Å²) in [6.07, 6.45) is 5.59. The second-order valence-electron chi connectivity index (χ2n) is 5.20. The topological polar surface area (TPSA) is 42.2 Å². The maximum atomic E-state index is 4.36. The average Bonchev–Trinajstić information content (AvgIpc) is 2.88. The predicted octanol–water partition coefficient (Wildman–Crippen LogP) is 3.65. The van der Waals surface area contributed by atoms with Gasteiger partial charge in [0.15, 0.2) is 5.65 Å². The minimum absolute atomic E-state index is 0.293. The molecule has 0 radical (unpaired) electrons. The van der Waals surface area contributed by atoms with Crippen molar-refractivity contribution in [2.24, 2.45) is 0 Å². The lowest BCUT2D eigenvalue weighted by Gasteiger charge is -2.14. The molecule has 0 fully saturated rings. The van der Waals surface area contributed by atoms with Gasteiger partial charge in [-0.25, -0.2) is 9.97 Å². The molecule has 1 aromatic carbocycles. The highest BCUT2D eigenvalue weighted by molar-refractivity contribution is 9.10. The van der Waals surface area contributed by atoms with Gasteiger partial charge in [0.05, 0.1) is 18.1 Å². The zero-order chi connectivity index (χ0) is 14.8. The predicted molar refractivity (Wildman–Crippen MR) is 87.1 cm³/mol. The molecular weight excluding hydrogens is 328 g/mol. The van der Waals surface area contributed by atoms with E-state index in [9.17, 15) is 0 Å². The van der Waals surface area contributed by atoms with Crippen LogP contribution in [0, 0.1) is 6.92 Å². The molecule has 0 amide bonds. The first-order chi connectivity index (χ1) is 10.1. The van der Waals surface area contributed by atoms with E-state index in [2.05, 4.69) is 69.3 Å². The van der Waals surface area contributed by atoms with Gasteiger partial charge in [0.25, 0.3) is 0 Å². The standard InChI is InChI=1S/C16H17BrN4/c1-11-3-5-13(6-4-11)12(2)18-7-14-8-20-16-9-19-15(17)10-21(14)16/h3-6,8-10,12,18H,7H2,1-2H3/t12-/m1/s1. The second kappa shape index (κ2) is 5.95. The van der Waals surface area contributed by atoms with Crippen LogP contribution in [0.2, 0.25) is 0 Å². The van der Waals surface area contributed by atoms with Crippen molar-refractivity contribution in [2.75, 3.05) is 0 Å². The third-order valence-electron chi connectivity index (χ3n) is 3.61. The van der Waals surface area contributed by atoms with Crippen molar-refractivity contribution in [3.8, 4) is 0 Å². The minimum Gasteiger partial charge on any atom is -0.305 e. The van der Waals surface area contributed by atoms with Gasteiger partial charge in [-0.2, -0.15) is 0 Å². The third kappa shape index (κ3) is 3.14. The molecule has 0 unspecified atom stereocenters. The van der Waals surface area contributed by atoms with Crippen molar-refractivity contribution in [1.29, 1.82) is 0 Å². The lowest BCUT2D eigenvalue weighted by Crippen LogP contribution is -2.19. The summed E-state index contributed by atoms with van der Waals surface area (Å²) in [5.41, 5.74) is 4.55. The molecule has 5 heteroatoms. The average molecular weight is 345 g/mol. The summed E-state index contributed by atoms with van der Waals surface area (Å²) >= 11 is 3.39. The fraction of sp³-hybridized carbons (Fsp3) is 0.250. The number of nitrogens with one attached hydrogen (secondary N) is 1. The third-order valence-corrected chi connectivity index (χ3v) is 4.02. The highest BCUT2D eigenvalue weighted by Crippen LogP contribution is 2.15. The van der Waals surface area contributed by atoms with E-state index in [0.717, 1.165) is 22.5 Å². The molecule has 1 atom stereocenters. The number of fused-ring (bicyclic) bond motifs is 1. The largest absolute Gasteiger partial charge is 0.305 e. The molecule has 0 aliphatic carbocycles. The first-order valence-corrected chi connectivity index (χ1v) is 7.70. The quantitative estimate of drug-likeness (QED) is 0.785. The summed E-state index contributed by atoms with van der Waals surface area (Å²) in [5.74, 6) is 0. The van der Waals surface area contributed by atoms with Crippen LogP contribution >= 0.6 is 15.9 Å². The number of rotatable bonds is 4. The molecule has 2 heterocycles. The van der Waals surface area contributed by atoms with Crippen molar-refractivity contribution in [1.82, 2.24) is 19.7 Å². The Hall–Kier alpha value is -1.72. The van der Waals surface area contributed by atoms with Gasteiger partial charge in [-0.05, 0) is 35.3 Å². The summed E-state index contributed by atoms with van der Waals surface area (Å²) in [4.78, 5) is 8.55. The molecule has 0 bridgehead atoms. The molecule has 2 aromatic heterocycles. The lowest BCUT2D eigenvalue weighted by atomic mass is 10.1. The SMILES string of the molecule is Cc1ccc([C@@H](C)NCc2cnc3cnc(Br)cn23)cc1. The zero-order valence-corrected chi connectivity index (χ0v) is 13.6. The minimum atomic E-state index is 0.293. The molecule has 3 aromatic rings. The van der Waals surface area contributed by atoms with Gasteiger partial charge in [-0.3, -0.25) is 4.40 Å². The molecule has 0 aliphatic rings. The Bertz CT molecular complexity index is 749. The van der Waals surface area contributed by atoms with Gasteiger partial charge < -0.3 is 5.32 Å².